The Bertz CT molecular complexity index is 357. The van der Waals surface area contributed by atoms with Gasteiger partial charge in [0.05, 0.1) is 6.61 Å². The average molecular weight is 241 g/mol. The van der Waals surface area contributed by atoms with Gasteiger partial charge in [0.25, 0.3) is 0 Å². The van der Waals surface area contributed by atoms with Crippen molar-refractivity contribution in [1.82, 2.24) is 5.32 Å². The second-order valence-corrected chi connectivity index (χ2v) is 4.53. The lowest BCUT2D eigenvalue weighted by atomic mass is 10.0. The molecule has 94 valence electrons. The summed E-state index contributed by atoms with van der Waals surface area (Å²) >= 11 is 0. The molecule has 0 aliphatic carbocycles. The van der Waals surface area contributed by atoms with E-state index in [0.29, 0.717) is 19.1 Å². The number of nitrogens with one attached hydrogen (secondary N) is 1. The van der Waals surface area contributed by atoms with Crippen LogP contribution in [-0.4, -0.2) is 25.3 Å². The van der Waals surface area contributed by atoms with Gasteiger partial charge in [-0.2, -0.15) is 0 Å². The molecule has 1 aliphatic rings. The van der Waals surface area contributed by atoms with Crippen molar-refractivity contribution in [2.45, 2.75) is 31.8 Å². The van der Waals surface area contributed by atoms with Crippen molar-refractivity contribution in [3.05, 3.63) is 35.4 Å². The van der Waals surface area contributed by atoms with Crippen LogP contribution in [0.4, 0.5) is 8.78 Å². The highest BCUT2D eigenvalue weighted by Gasteiger charge is 2.19. The third-order valence-electron chi connectivity index (χ3n) is 3.02. The fourth-order valence-corrected chi connectivity index (χ4v) is 2.16. The highest BCUT2D eigenvalue weighted by molar-refractivity contribution is 5.20. The first-order valence-electron chi connectivity index (χ1n) is 5.93. The van der Waals surface area contributed by atoms with Crippen molar-refractivity contribution < 1.29 is 13.5 Å². The van der Waals surface area contributed by atoms with Gasteiger partial charge >= 0.3 is 0 Å². The summed E-state index contributed by atoms with van der Waals surface area (Å²) in [6.07, 6.45) is 1.32. The van der Waals surface area contributed by atoms with Gasteiger partial charge in [-0.15, -0.1) is 0 Å². The summed E-state index contributed by atoms with van der Waals surface area (Å²) < 4.78 is 32.1. The lowest BCUT2D eigenvalue weighted by Crippen LogP contribution is -2.38. The Morgan fingerprint density at radius 1 is 1.41 bits per heavy atom. The number of halogens is 2. The molecule has 1 fully saturated rings. The van der Waals surface area contributed by atoms with E-state index < -0.39 is 11.6 Å². The number of benzene rings is 1. The molecule has 17 heavy (non-hydrogen) atoms. The molecular formula is C13H17F2NO. The van der Waals surface area contributed by atoms with Crippen LogP contribution in [-0.2, 0) is 11.2 Å². The Labute approximate surface area is 100.0 Å². The predicted octanol–water partition coefficient (Wildman–Crippen LogP) is 2.27. The summed E-state index contributed by atoms with van der Waals surface area (Å²) in [7, 11) is 0. The molecule has 1 N–H and O–H groups in total. The van der Waals surface area contributed by atoms with Crippen molar-refractivity contribution in [2.75, 3.05) is 13.2 Å². The molecule has 0 radical (unpaired) electrons. The van der Waals surface area contributed by atoms with Gasteiger partial charge in [-0.25, -0.2) is 8.78 Å². The molecule has 2 atom stereocenters. The summed E-state index contributed by atoms with van der Waals surface area (Å²) in [5.41, 5.74) is 0.159. The smallest absolute Gasteiger partial charge is 0.129 e. The van der Waals surface area contributed by atoms with Gasteiger partial charge in [0.2, 0.25) is 0 Å². The van der Waals surface area contributed by atoms with Gasteiger partial charge in [0.15, 0.2) is 0 Å². The van der Waals surface area contributed by atoms with E-state index in [1.54, 1.807) is 0 Å². The standard InChI is InChI=1S/C13H17F2NO/c1-9(16-10-5-6-17-8-10)7-11-12(14)3-2-4-13(11)15/h2-4,9-10,16H,5-8H2,1H3. The van der Waals surface area contributed by atoms with Crippen LogP contribution in [0.25, 0.3) is 0 Å². The van der Waals surface area contributed by atoms with E-state index in [9.17, 15) is 8.78 Å². The zero-order chi connectivity index (χ0) is 12.3. The molecule has 0 bridgehead atoms. The summed E-state index contributed by atoms with van der Waals surface area (Å²) in [6, 6.07) is 4.32. The minimum atomic E-state index is -0.471. The lowest BCUT2D eigenvalue weighted by molar-refractivity contribution is 0.188. The molecule has 0 aromatic heterocycles. The zero-order valence-corrected chi connectivity index (χ0v) is 9.88. The Morgan fingerprint density at radius 2 is 2.12 bits per heavy atom. The topological polar surface area (TPSA) is 21.3 Å². The Morgan fingerprint density at radius 3 is 2.71 bits per heavy atom. The fraction of sp³-hybridized carbons (Fsp3) is 0.538. The SMILES string of the molecule is CC(Cc1c(F)cccc1F)NC1CCOC1. The summed E-state index contributed by atoms with van der Waals surface area (Å²) in [6.45, 7) is 3.38. The van der Waals surface area contributed by atoms with Crippen LogP contribution < -0.4 is 5.32 Å². The molecule has 1 aromatic carbocycles. The van der Waals surface area contributed by atoms with Crippen molar-refractivity contribution in [3.8, 4) is 0 Å². The molecule has 2 unspecified atom stereocenters. The maximum atomic E-state index is 13.4. The van der Waals surface area contributed by atoms with Crippen molar-refractivity contribution in [1.29, 1.82) is 0 Å². The third-order valence-corrected chi connectivity index (χ3v) is 3.02. The van der Waals surface area contributed by atoms with E-state index in [4.69, 9.17) is 4.74 Å². The van der Waals surface area contributed by atoms with Crippen molar-refractivity contribution >= 4 is 0 Å². The third kappa shape index (κ3) is 3.23. The molecule has 0 saturated carbocycles. The molecule has 0 spiro atoms. The van der Waals surface area contributed by atoms with E-state index in [-0.39, 0.29) is 11.6 Å². The van der Waals surface area contributed by atoms with E-state index in [1.807, 2.05) is 6.92 Å². The molecule has 2 nitrogen and oxygen atoms in total. The average Bonchev–Trinajstić information content (AvgIpc) is 2.76. The van der Waals surface area contributed by atoms with Crippen LogP contribution in [0.15, 0.2) is 18.2 Å². The first-order chi connectivity index (χ1) is 8.16. The van der Waals surface area contributed by atoms with E-state index in [2.05, 4.69) is 5.32 Å². The zero-order valence-electron chi connectivity index (χ0n) is 9.88. The monoisotopic (exact) mass is 241 g/mol. The van der Waals surface area contributed by atoms with E-state index in [1.165, 1.54) is 18.2 Å². The molecule has 1 saturated heterocycles. The van der Waals surface area contributed by atoms with Gasteiger partial charge < -0.3 is 10.1 Å². The molecule has 1 aromatic rings. The van der Waals surface area contributed by atoms with Crippen LogP contribution in [0.2, 0.25) is 0 Å². The molecule has 2 rings (SSSR count). The maximum absolute atomic E-state index is 13.4. The highest BCUT2D eigenvalue weighted by atomic mass is 19.1. The van der Waals surface area contributed by atoms with E-state index >= 15 is 0 Å². The second kappa shape index (κ2) is 5.56. The van der Waals surface area contributed by atoms with Gasteiger partial charge in [0, 0.05) is 24.3 Å². The fourth-order valence-electron chi connectivity index (χ4n) is 2.16. The number of hydrogen-bond donors (Lipinski definition) is 1. The molecule has 1 heterocycles. The Kier molecular flexibility index (Phi) is 4.07. The van der Waals surface area contributed by atoms with Crippen LogP contribution >= 0.6 is 0 Å². The number of hydrogen-bond acceptors (Lipinski definition) is 2. The second-order valence-electron chi connectivity index (χ2n) is 4.53. The van der Waals surface area contributed by atoms with Gasteiger partial charge in [-0.3, -0.25) is 0 Å². The first kappa shape index (κ1) is 12.5. The van der Waals surface area contributed by atoms with E-state index in [0.717, 1.165) is 13.0 Å². The summed E-state index contributed by atoms with van der Waals surface area (Å²) in [5, 5.41) is 3.32. The van der Waals surface area contributed by atoms with Gasteiger partial charge in [-0.1, -0.05) is 6.07 Å². The molecule has 4 heteroatoms. The normalized spacial score (nSPS) is 21.7. The number of ether oxygens (including phenoxy) is 1. The first-order valence-corrected chi connectivity index (χ1v) is 5.93. The van der Waals surface area contributed by atoms with Crippen molar-refractivity contribution in [2.24, 2.45) is 0 Å². The predicted molar refractivity (Wildman–Crippen MR) is 61.9 cm³/mol. The Hall–Kier alpha value is -1.00. The molecule has 1 aliphatic heterocycles. The molecule has 0 amide bonds. The van der Waals surface area contributed by atoms with Gasteiger partial charge in [-0.05, 0) is 31.9 Å². The van der Waals surface area contributed by atoms with Gasteiger partial charge in [0.1, 0.15) is 11.6 Å². The summed E-state index contributed by atoms with van der Waals surface area (Å²) in [5.74, 6) is -0.942. The van der Waals surface area contributed by atoms with Crippen LogP contribution in [0, 0.1) is 11.6 Å². The van der Waals surface area contributed by atoms with Crippen molar-refractivity contribution in [3.63, 3.8) is 0 Å². The lowest BCUT2D eigenvalue weighted by Gasteiger charge is -2.18. The Balaban J connectivity index is 1.95. The maximum Gasteiger partial charge on any atom is 0.129 e. The van der Waals surface area contributed by atoms with Crippen LogP contribution in [0.3, 0.4) is 0 Å². The van der Waals surface area contributed by atoms with Crippen LogP contribution in [0.5, 0.6) is 0 Å². The minimum Gasteiger partial charge on any atom is -0.380 e. The minimum absolute atomic E-state index is 0.0353. The largest absolute Gasteiger partial charge is 0.380 e. The quantitative estimate of drug-likeness (QED) is 0.873. The molecular weight excluding hydrogens is 224 g/mol. The van der Waals surface area contributed by atoms with Crippen LogP contribution in [0.1, 0.15) is 18.9 Å². The highest BCUT2D eigenvalue weighted by Crippen LogP contribution is 2.15. The number of rotatable bonds is 4. The summed E-state index contributed by atoms with van der Waals surface area (Å²) in [4.78, 5) is 0.